The molecule has 1 atom stereocenters. The number of hydrogen-bond acceptors (Lipinski definition) is 2. The van der Waals surface area contributed by atoms with E-state index < -0.39 is 0 Å². The Morgan fingerprint density at radius 3 is 2.33 bits per heavy atom. The fourth-order valence-electron chi connectivity index (χ4n) is 2.54. The zero-order chi connectivity index (χ0) is 13.1. The van der Waals surface area contributed by atoms with Crippen LogP contribution in [0, 0.1) is 0 Å². The molecular weight excluding hydrogens is 228 g/mol. The molecule has 4 nitrogen and oxygen atoms in total. The largest absolute Gasteiger partial charge is 0.325 e. The van der Waals surface area contributed by atoms with Gasteiger partial charge in [-0.1, -0.05) is 18.2 Å². The third-order valence-electron chi connectivity index (χ3n) is 3.56. The summed E-state index contributed by atoms with van der Waals surface area (Å²) < 4.78 is 0. The molecule has 2 amide bonds. The maximum absolute atomic E-state index is 12.4. The molecule has 0 bridgehead atoms. The Morgan fingerprint density at radius 1 is 1.17 bits per heavy atom. The average Bonchev–Trinajstić information content (AvgIpc) is 2.68. The lowest BCUT2D eigenvalue weighted by atomic mass is 10.2. The molecule has 1 aliphatic heterocycles. The van der Waals surface area contributed by atoms with Gasteiger partial charge in [-0.25, -0.2) is 4.90 Å². The van der Waals surface area contributed by atoms with E-state index in [0.717, 1.165) is 13.1 Å². The zero-order valence-electron chi connectivity index (χ0n) is 10.8. The van der Waals surface area contributed by atoms with E-state index in [2.05, 4.69) is 0 Å². The number of hydrogen-bond donors (Lipinski definition) is 1. The second kappa shape index (κ2) is 5.31. The first-order valence-electron chi connectivity index (χ1n) is 6.45. The number of nitrogens with zero attached hydrogens (tertiary/aromatic N) is 1. The number of likely N-dealkylation sites (N-methyl/N-ethyl adjacent to an activating group) is 1. The summed E-state index contributed by atoms with van der Waals surface area (Å²) in [7, 11) is 0. The Hall–Kier alpha value is -1.68. The van der Waals surface area contributed by atoms with Crippen molar-refractivity contribution in [2.45, 2.75) is 26.3 Å². The summed E-state index contributed by atoms with van der Waals surface area (Å²) >= 11 is 0. The fourth-order valence-corrected chi connectivity index (χ4v) is 2.54. The molecule has 1 saturated heterocycles. The number of imide groups is 1. The smallest absolute Gasteiger partial charge is 0.292 e. The lowest BCUT2D eigenvalue weighted by Crippen LogP contribution is -3.16. The van der Waals surface area contributed by atoms with E-state index in [9.17, 15) is 9.59 Å². The van der Waals surface area contributed by atoms with Crippen LogP contribution < -0.4 is 9.80 Å². The minimum Gasteiger partial charge on any atom is -0.325 e. The Morgan fingerprint density at radius 2 is 1.78 bits per heavy atom. The standard InChI is InChI=1S/C14H18N2O2/c1-3-15(4-2)12-10-13(17)16(14(12)18)11-8-6-5-7-9-11/h5-9,12H,3-4,10H2,1-2H3/p+1. The van der Waals surface area contributed by atoms with Crippen molar-refractivity contribution < 1.29 is 14.5 Å². The van der Waals surface area contributed by atoms with Crippen molar-refractivity contribution in [3.05, 3.63) is 30.3 Å². The van der Waals surface area contributed by atoms with Gasteiger partial charge in [0.25, 0.3) is 5.91 Å². The van der Waals surface area contributed by atoms with Gasteiger partial charge in [-0.05, 0) is 26.0 Å². The molecule has 96 valence electrons. The second-order valence-corrected chi connectivity index (χ2v) is 4.53. The van der Waals surface area contributed by atoms with Gasteiger partial charge >= 0.3 is 0 Å². The third kappa shape index (κ3) is 2.16. The van der Waals surface area contributed by atoms with Crippen LogP contribution in [0.2, 0.25) is 0 Å². The number of carbonyl (C=O) groups excluding carboxylic acids is 2. The molecule has 0 saturated carbocycles. The van der Waals surface area contributed by atoms with Crippen molar-refractivity contribution >= 4 is 17.5 Å². The van der Waals surface area contributed by atoms with E-state index in [0.29, 0.717) is 12.1 Å². The van der Waals surface area contributed by atoms with Gasteiger partial charge in [0, 0.05) is 0 Å². The lowest BCUT2D eigenvalue weighted by Gasteiger charge is -2.21. The summed E-state index contributed by atoms with van der Waals surface area (Å²) in [6, 6.07) is 8.95. The maximum atomic E-state index is 12.4. The minimum atomic E-state index is -0.215. The molecule has 1 aliphatic rings. The molecule has 4 heteroatoms. The Bertz CT molecular complexity index is 440. The summed E-state index contributed by atoms with van der Waals surface area (Å²) in [5.41, 5.74) is 0.682. The normalized spacial score (nSPS) is 19.9. The SMILES string of the molecule is CC[NH+](CC)C1CC(=O)N(c2ccccc2)C1=O. The number of benzene rings is 1. The van der Waals surface area contributed by atoms with E-state index >= 15 is 0 Å². The first-order valence-corrected chi connectivity index (χ1v) is 6.45. The predicted molar refractivity (Wildman–Crippen MR) is 69.4 cm³/mol. The zero-order valence-corrected chi connectivity index (χ0v) is 10.8. The summed E-state index contributed by atoms with van der Waals surface area (Å²) in [5.74, 6) is -0.152. The van der Waals surface area contributed by atoms with Crippen LogP contribution in [0.3, 0.4) is 0 Å². The minimum absolute atomic E-state index is 0.0649. The highest BCUT2D eigenvalue weighted by Gasteiger charge is 2.44. The molecular formula is C14H19N2O2+. The first kappa shape index (κ1) is 12.8. The first-order chi connectivity index (χ1) is 8.69. The van der Waals surface area contributed by atoms with Crippen molar-refractivity contribution in [2.75, 3.05) is 18.0 Å². The highest BCUT2D eigenvalue weighted by molar-refractivity contribution is 6.21. The van der Waals surface area contributed by atoms with Crippen LogP contribution in [0.4, 0.5) is 5.69 Å². The number of quaternary nitrogens is 1. The Kier molecular flexibility index (Phi) is 3.77. The van der Waals surface area contributed by atoms with Gasteiger partial charge in [-0.2, -0.15) is 0 Å². The molecule has 1 aromatic rings. The molecule has 0 spiro atoms. The van der Waals surface area contributed by atoms with Gasteiger partial charge < -0.3 is 4.90 Å². The number of carbonyl (C=O) groups is 2. The van der Waals surface area contributed by atoms with E-state index in [1.165, 1.54) is 9.80 Å². The van der Waals surface area contributed by atoms with E-state index in [-0.39, 0.29) is 17.9 Å². The van der Waals surface area contributed by atoms with Gasteiger partial charge in [-0.15, -0.1) is 0 Å². The molecule has 18 heavy (non-hydrogen) atoms. The summed E-state index contributed by atoms with van der Waals surface area (Å²) in [4.78, 5) is 26.9. The molecule has 0 aromatic heterocycles. The van der Waals surface area contributed by atoms with Gasteiger partial charge in [0.1, 0.15) is 0 Å². The molecule has 2 rings (SSSR count). The quantitative estimate of drug-likeness (QED) is 0.775. The van der Waals surface area contributed by atoms with Crippen molar-refractivity contribution in [1.82, 2.24) is 0 Å². The van der Waals surface area contributed by atoms with Gasteiger partial charge in [0.05, 0.1) is 25.2 Å². The second-order valence-electron chi connectivity index (χ2n) is 4.53. The predicted octanol–water partition coefficient (Wildman–Crippen LogP) is 0.243. The molecule has 1 heterocycles. The van der Waals surface area contributed by atoms with E-state index in [1.54, 1.807) is 12.1 Å². The topological polar surface area (TPSA) is 41.8 Å². The van der Waals surface area contributed by atoms with Crippen molar-refractivity contribution in [3.8, 4) is 0 Å². The van der Waals surface area contributed by atoms with Gasteiger partial charge in [0.15, 0.2) is 6.04 Å². The number of amides is 2. The van der Waals surface area contributed by atoms with Crippen molar-refractivity contribution in [2.24, 2.45) is 0 Å². The van der Waals surface area contributed by atoms with Crippen molar-refractivity contribution in [1.29, 1.82) is 0 Å². The number of rotatable bonds is 4. The third-order valence-corrected chi connectivity index (χ3v) is 3.56. The Balaban J connectivity index is 2.25. The molecule has 1 aromatic carbocycles. The fraction of sp³-hybridized carbons (Fsp3) is 0.429. The van der Waals surface area contributed by atoms with Crippen LogP contribution in [-0.2, 0) is 9.59 Å². The van der Waals surface area contributed by atoms with Crippen LogP contribution in [0.25, 0.3) is 0 Å². The monoisotopic (exact) mass is 247 g/mol. The van der Waals surface area contributed by atoms with Crippen LogP contribution in [0.5, 0.6) is 0 Å². The number of nitrogens with one attached hydrogen (secondary N) is 1. The molecule has 1 N–H and O–H groups in total. The van der Waals surface area contributed by atoms with Crippen LogP contribution in [0.15, 0.2) is 30.3 Å². The van der Waals surface area contributed by atoms with Gasteiger partial charge in [0.2, 0.25) is 5.91 Å². The summed E-state index contributed by atoms with van der Waals surface area (Å²) in [5, 5.41) is 0. The van der Waals surface area contributed by atoms with Crippen LogP contribution >= 0.6 is 0 Å². The Labute approximate surface area is 107 Å². The van der Waals surface area contributed by atoms with Crippen LogP contribution in [-0.4, -0.2) is 30.9 Å². The van der Waals surface area contributed by atoms with E-state index in [1.807, 2.05) is 32.0 Å². The molecule has 1 fully saturated rings. The van der Waals surface area contributed by atoms with Gasteiger partial charge in [-0.3, -0.25) is 9.59 Å². The van der Waals surface area contributed by atoms with E-state index in [4.69, 9.17) is 0 Å². The molecule has 1 unspecified atom stereocenters. The molecule has 0 radical (unpaired) electrons. The molecule has 0 aliphatic carbocycles. The maximum Gasteiger partial charge on any atom is 0.292 e. The van der Waals surface area contributed by atoms with Crippen LogP contribution in [0.1, 0.15) is 20.3 Å². The van der Waals surface area contributed by atoms with Crippen molar-refractivity contribution in [3.63, 3.8) is 0 Å². The number of anilines is 1. The average molecular weight is 247 g/mol. The number of para-hydroxylation sites is 1. The lowest BCUT2D eigenvalue weighted by molar-refractivity contribution is -0.911. The summed E-state index contributed by atoms with van der Waals surface area (Å²) in [6.07, 6.45) is 0.324. The highest BCUT2D eigenvalue weighted by atomic mass is 16.2. The highest BCUT2D eigenvalue weighted by Crippen LogP contribution is 2.21. The summed E-state index contributed by atoms with van der Waals surface area (Å²) in [6.45, 7) is 5.81.